The van der Waals surface area contributed by atoms with Crippen LogP contribution in [0.15, 0.2) is 83.3 Å². The molecule has 5 rings (SSSR count). The first-order chi connectivity index (χ1) is 22.1. The van der Waals surface area contributed by atoms with Gasteiger partial charge in [-0.3, -0.25) is 8.78 Å². The minimum atomic E-state index is -0.644. The van der Waals surface area contributed by atoms with Gasteiger partial charge in [0.05, 0.1) is 12.2 Å². The van der Waals surface area contributed by atoms with Crippen molar-refractivity contribution in [1.82, 2.24) is 10.2 Å². The molecule has 0 spiro atoms. The Labute approximate surface area is 297 Å². The third kappa shape index (κ3) is 11.0. The number of hydrogen-bond donors (Lipinski definition) is 2. The molecule has 2 atom stereocenters. The molecule has 1 aromatic heterocycles. The molecule has 0 aliphatic rings. The van der Waals surface area contributed by atoms with Crippen molar-refractivity contribution in [3.05, 3.63) is 119 Å². The Hall–Kier alpha value is -3.51. The summed E-state index contributed by atoms with van der Waals surface area (Å²) in [6.07, 6.45) is 1.28. The summed E-state index contributed by atoms with van der Waals surface area (Å²) in [7, 11) is 0. The summed E-state index contributed by atoms with van der Waals surface area (Å²) in [4.78, 5) is 0. The van der Waals surface area contributed by atoms with Crippen LogP contribution < -0.4 is 0 Å². The Balaban J connectivity index is 0.000000496. The molecule has 2 N–H and O–H groups in total. The molecule has 256 valence electrons. The number of rotatable bonds is 8. The maximum atomic E-state index is 14.0. The third-order valence-electron chi connectivity index (χ3n) is 7.89. The summed E-state index contributed by atoms with van der Waals surface area (Å²) in [6, 6.07) is 29.6. The van der Waals surface area contributed by atoms with Gasteiger partial charge in [0.25, 0.3) is 0 Å². The van der Waals surface area contributed by atoms with Gasteiger partial charge in [-0.2, -0.15) is 35.9 Å². The van der Waals surface area contributed by atoms with E-state index in [0.717, 1.165) is 41.7 Å². The van der Waals surface area contributed by atoms with Gasteiger partial charge in [-0.05, 0) is 71.8 Å². The Kier molecular flexibility index (Phi) is 13.6. The Morgan fingerprint density at radius 3 is 1.75 bits per heavy atom. The van der Waals surface area contributed by atoms with Crippen molar-refractivity contribution in [1.29, 1.82) is 0 Å². The molecule has 0 amide bonds. The van der Waals surface area contributed by atoms with Crippen molar-refractivity contribution in [3.63, 3.8) is 0 Å². The largest absolute Gasteiger partial charge is 2.00 e. The summed E-state index contributed by atoms with van der Waals surface area (Å²) >= 11 is 0. The van der Waals surface area contributed by atoms with E-state index in [4.69, 9.17) is 9.52 Å². The zero-order valence-corrected chi connectivity index (χ0v) is 30.8. The molecule has 5 aromatic rings. The molecule has 0 fully saturated rings. The van der Waals surface area contributed by atoms with Crippen molar-refractivity contribution in [3.8, 4) is 34.0 Å². The van der Waals surface area contributed by atoms with E-state index in [-0.39, 0.29) is 37.5 Å². The predicted octanol–water partition coefficient (Wildman–Crippen LogP) is 9.19. The average molecular weight is 834 g/mol. The van der Waals surface area contributed by atoms with E-state index >= 15 is 0 Å². The van der Waals surface area contributed by atoms with Crippen LogP contribution in [0.1, 0.15) is 71.6 Å². The van der Waals surface area contributed by atoms with Crippen LogP contribution >= 0.6 is 0 Å². The quantitative estimate of drug-likeness (QED) is 0.153. The normalized spacial score (nSPS) is 12.8. The molecule has 0 aliphatic heterocycles. The fraction of sp³-hybridized carbons (Fsp3) is 0.350. The molecule has 8 heteroatoms. The van der Waals surface area contributed by atoms with Crippen molar-refractivity contribution >= 4 is 0 Å². The van der Waals surface area contributed by atoms with Crippen LogP contribution in [0.4, 0.5) is 8.78 Å². The maximum Gasteiger partial charge on any atom is 2.00 e. The Bertz CT molecular complexity index is 1720. The van der Waals surface area contributed by atoms with Crippen LogP contribution in [0, 0.1) is 29.2 Å². The third-order valence-corrected chi connectivity index (χ3v) is 7.89. The Morgan fingerprint density at radius 2 is 1.29 bits per heavy atom. The number of hydrogen-bond acceptors (Lipinski definition) is 5. The number of nitrogens with zero attached hydrogens (tertiary/aromatic N) is 2. The van der Waals surface area contributed by atoms with Crippen molar-refractivity contribution in [2.24, 2.45) is 5.41 Å². The summed E-state index contributed by atoms with van der Waals surface area (Å²) in [5.41, 5.74) is 6.00. The van der Waals surface area contributed by atoms with E-state index < -0.39 is 23.8 Å². The second-order valence-corrected chi connectivity index (χ2v) is 14.1. The molecule has 5 nitrogen and oxygen atoms in total. The molecule has 0 saturated heterocycles. The van der Waals surface area contributed by atoms with Crippen molar-refractivity contribution < 1.29 is 44.5 Å². The zero-order valence-electron chi connectivity index (χ0n) is 28.6. The molecule has 2 unspecified atom stereocenters. The van der Waals surface area contributed by atoms with Gasteiger partial charge in [-0.15, -0.1) is 21.8 Å². The fourth-order valence-corrected chi connectivity index (χ4v) is 4.77. The number of aryl methyl sites for hydroxylation is 2. The van der Waals surface area contributed by atoms with Gasteiger partial charge < -0.3 is 14.6 Å². The smallest absolute Gasteiger partial charge is 0.416 e. The molecule has 48 heavy (non-hydrogen) atoms. The maximum absolute atomic E-state index is 14.0. The molecule has 4 aromatic carbocycles. The van der Waals surface area contributed by atoms with Crippen LogP contribution in [-0.4, -0.2) is 32.6 Å². The Morgan fingerprint density at radius 1 is 0.750 bits per heavy atom. The number of aromatic nitrogens is 2. The standard InChI is InChI=1S/C32H26F2N2O.C8H18O2.Pt/c1-32(2,3)26-16-14-25(15-17-26)31-36-35-30(37-31)24-12-8-22(9-13-24)5-4-21-6-10-23(11-7-21)28-19-18-27(33)20-29(28)34;1-6(9)5-7(10)8(2,3)4;/h6-10,12-18,20H,4-5H2,1-3H3;6-7,9-10H,5H2,1-4H3;/q-2;;+2. The summed E-state index contributed by atoms with van der Waals surface area (Å²) in [5.74, 6) is -0.306. The number of aliphatic hydroxyl groups is 2. The van der Waals surface area contributed by atoms with Gasteiger partial charge in [0.15, 0.2) is 0 Å². The minimum absolute atomic E-state index is 0. The average Bonchev–Trinajstić information content (AvgIpc) is 3.50. The monoisotopic (exact) mass is 833 g/mol. The predicted molar refractivity (Wildman–Crippen MR) is 183 cm³/mol. The zero-order chi connectivity index (χ0) is 34.4. The van der Waals surface area contributed by atoms with Crippen LogP contribution in [0.3, 0.4) is 0 Å². The second-order valence-electron chi connectivity index (χ2n) is 14.1. The topological polar surface area (TPSA) is 79.4 Å². The van der Waals surface area contributed by atoms with Gasteiger partial charge in [0, 0.05) is 16.9 Å². The fourth-order valence-electron chi connectivity index (χ4n) is 4.77. The van der Waals surface area contributed by atoms with E-state index in [1.165, 1.54) is 11.1 Å². The van der Waals surface area contributed by atoms with Gasteiger partial charge >= 0.3 is 21.1 Å². The van der Waals surface area contributed by atoms with Gasteiger partial charge in [-0.25, -0.2) is 5.56 Å². The summed E-state index contributed by atoms with van der Waals surface area (Å²) in [5, 5.41) is 26.8. The molecule has 0 saturated carbocycles. The number of halogens is 2. The number of benzene rings is 4. The van der Waals surface area contributed by atoms with E-state index in [1.54, 1.807) is 13.0 Å². The molecule has 0 radical (unpaired) electrons. The van der Waals surface area contributed by atoms with Crippen LogP contribution in [0.2, 0.25) is 0 Å². The molecule has 0 bridgehead atoms. The summed E-state index contributed by atoms with van der Waals surface area (Å²) in [6.45, 7) is 14.1. The molecule has 0 aliphatic carbocycles. The van der Waals surface area contributed by atoms with Crippen molar-refractivity contribution in [2.75, 3.05) is 0 Å². The minimum Gasteiger partial charge on any atom is -0.416 e. The van der Waals surface area contributed by atoms with E-state index in [0.29, 0.717) is 23.8 Å². The molecular formula is C40H44F2N2O3Pt. The van der Waals surface area contributed by atoms with E-state index in [2.05, 4.69) is 67.4 Å². The van der Waals surface area contributed by atoms with Gasteiger partial charge in [0.1, 0.15) is 0 Å². The second kappa shape index (κ2) is 16.7. The van der Waals surface area contributed by atoms with Crippen LogP contribution in [-0.2, 0) is 39.3 Å². The van der Waals surface area contributed by atoms with Crippen molar-refractivity contribution in [2.45, 2.75) is 85.4 Å². The summed E-state index contributed by atoms with van der Waals surface area (Å²) < 4.78 is 33.1. The molecular weight excluding hydrogens is 790 g/mol. The molecule has 1 heterocycles. The SMILES string of the molecule is CC(C)(C)c1ccc(-c2nnc(-c3ccc(CCc4c[c-]c(-c5[c-]cc(F)cc5F)cc4)cc3)o2)cc1.CC(O)CC(O)C(C)(C)C.[Pt+2]. The van der Waals surface area contributed by atoms with Gasteiger partial charge in [0.2, 0.25) is 11.8 Å². The van der Waals surface area contributed by atoms with E-state index in [1.807, 2.05) is 57.2 Å². The first-order valence-electron chi connectivity index (χ1n) is 15.9. The first-order valence-corrected chi connectivity index (χ1v) is 15.9. The first kappa shape index (κ1) is 38.9. The van der Waals surface area contributed by atoms with Crippen LogP contribution in [0.5, 0.6) is 0 Å². The van der Waals surface area contributed by atoms with Gasteiger partial charge in [-0.1, -0.05) is 78.3 Å². The van der Waals surface area contributed by atoms with E-state index in [9.17, 15) is 13.9 Å². The van der Waals surface area contributed by atoms with Crippen LogP contribution in [0.25, 0.3) is 34.0 Å². The number of aliphatic hydroxyl groups excluding tert-OH is 2.